The number of rotatable bonds is 6. The number of hydrogen-bond donors (Lipinski definition) is 2. The summed E-state index contributed by atoms with van der Waals surface area (Å²) in [5, 5.41) is 13.2. The van der Waals surface area contributed by atoms with Gasteiger partial charge in [-0.15, -0.1) is 24.8 Å². The first kappa shape index (κ1) is 22.3. The van der Waals surface area contributed by atoms with E-state index >= 15 is 0 Å². The van der Waals surface area contributed by atoms with Crippen LogP contribution < -0.4 is 10.1 Å². The average molecular weight is 365 g/mol. The molecule has 1 aromatic carbocycles. The first-order valence-electron chi connectivity index (χ1n) is 7.93. The lowest BCUT2D eigenvalue weighted by atomic mass is 9.95. The summed E-state index contributed by atoms with van der Waals surface area (Å²) in [6, 6.07) is 6.18. The van der Waals surface area contributed by atoms with E-state index in [1.807, 2.05) is 12.1 Å². The number of hydrogen-bond acceptors (Lipinski definition) is 4. The monoisotopic (exact) mass is 364 g/mol. The molecule has 1 aromatic rings. The predicted octanol–water partition coefficient (Wildman–Crippen LogP) is 3.63. The van der Waals surface area contributed by atoms with Gasteiger partial charge in [0.1, 0.15) is 0 Å². The van der Waals surface area contributed by atoms with Crippen LogP contribution >= 0.6 is 24.8 Å². The fourth-order valence-corrected chi connectivity index (χ4v) is 2.95. The number of benzene rings is 1. The van der Waals surface area contributed by atoms with Crippen molar-refractivity contribution in [1.29, 1.82) is 0 Å². The summed E-state index contributed by atoms with van der Waals surface area (Å²) in [6.45, 7) is 8.79. The number of methoxy groups -OCH3 is 1. The summed E-state index contributed by atoms with van der Waals surface area (Å²) in [5.41, 5.74) is 1.24. The summed E-state index contributed by atoms with van der Waals surface area (Å²) in [5.74, 6) is 1.48. The molecule has 0 amide bonds. The van der Waals surface area contributed by atoms with Crippen molar-refractivity contribution in [1.82, 2.24) is 10.2 Å². The number of halogens is 2. The standard InChI is InChI=1S/C17H28N2O2.2ClH/c1-13(2)4-6-15(19-10-8-18-9-11-19)14-5-7-16(20)17(12-14)21-3;;/h5,7,12-13,15,18,20H,4,6,8-11H2,1-3H3;2*1H/t15-;;/m0../s1. The Kier molecular flexibility index (Phi) is 10.7. The number of nitrogens with zero attached hydrogens (tertiary/aromatic N) is 1. The Bertz CT molecular complexity index is 452. The van der Waals surface area contributed by atoms with Gasteiger partial charge >= 0.3 is 0 Å². The number of ether oxygens (including phenoxy) is 1. The molecular weight excluding hydrogens is 335 g/mol. The van der Waals surface area contributed by atoms with Crippen LogP contribution in [0, 0.1) is 5.92 Å². The summed E-state index contributed by atoms with van der Waals surface area (Å²) in [6.07, 6.45) is 2.35. The van der Waals surface area contributed by atoms with Gasteiger partial charge in [0.25, 0.3) is 0 Å². The van der Waals surface area contributed by atoms with Gasteiger partial charge < -0.3 is 15.2 Å². The number of nitrogens with one attached hydrogen (secondary N) is 1. The van der Waals surface area contributed by atoms with Crippen LogP contribution in [0.25, 0.3) is 0 Å². The minimum atomic E-state index is 0. The van der Waals surface area contributed by atoms with Crippen LogP contribution in [0.3, 0.4) is 0 Å². The van der Waals surface area contributed by atoms with Crippen LogP contribution in [-0.2, 0) is 0 Å². The second-order valence-corrected chi connectivity index (χ2v) is 6.20. The van der Waals surface area contributed by atoms with Gasteiger partial charge in [-0.1, -0.05) is 19.9 Å². The molecule has 0 bridgehead atoms. The highest BCUT2D eigenvalue weighted by atomic mass is 35.5. The van der Waals surface area contributed by atoms with Crippen molar-refractivity contribution in [3.8, 4) is 11.5 Å². The Hall–Kier alpha value is -0.680. The maximum Gasteiger partial charge on any atom is 0.160 e. The van der Waals surface area contributed by atoms with Crippen molar-refractivity contribution in [3.63, 3.8) is 0 Å². The van der Waals surface area contributed by atoms with Crippen LogP contribution in [-0.4, -0.2) is 43.3 Å². The molecule has 1 atom stereocenters. The van der Waals surface area contributed by atoms with Gasteiger partial charge in [-0.25, -0.2) is 0 Å². The Morgan fingerprint density at radius 3 is 2.39 bits per heavy atom. The second-order valence-electron chi connectivity index (χ2n) is 6.20. The topological polar surface area (TPSA) is 44.7 Å². The van der Waals surface area contributed by atoms with E-state index < -0.39 is 0 Å². The molecule has 2 rings (SSSR count). The molecule has 0 spiro atoms. The zero-order valence-corrected chi connectivity index (χ0v) is 15.9. The lowest BCUT2D eigenvalue weighted by Gasteiger charge is -2.35. The van der Waals surface area contributed by atoms with E-state index in [1.54, 1.807) is 13.2 Å². The van der Waals surface area contributed by atoms with Gasteiger partial charge in [-0.3, -0.25) is 4.90 Å². The second kappa shape index (κ2) is 11.0. The highest BCUT2D eigenvalue weighted by Gasteiger charge is 2.23. The number of aromatic hydroxyl groups is 1. The van der Waals surface area contributed by atoms with Crippen LogP contribution in [0.2, 0.25) is 0 Å². The van der Waals surface area contributed by atoms with Gasteiger partial charge in [-0.05, 0) is 36.5 Å². The Balaban J connectivity index is 0.00000242. The summed E-state index contributed by atoms with van der Waals surface area (Å²) < 4.78 is 5.27. The number of piperazine rings is 1. The van der Waals surface area contributed by atoms with E-state index in [1.165, 1.54) is 12.0 Å². The van der Waals surface area contributed by atoms with Crippen molar-refractivity contribution in [2.75, 3.05) is 33.3 Å². The molecule has 2 N–H and O–H groups in total. The molecule has 4 nitrogen and oxygen atoms in total. The number of phenolic OH excluding ortho intramolecular Hbond substituents is 1. The summed E-state index contributed by atoms with van der Waals surface area (Å²) >= 11 is 0. The Labute approximate surface area is 152 Å². The zero-order chi connectivity index (χ0) is 15.2. The minimum absolute atomic E-state index is 0. The Morgan fingerprint density at radius 1 is 1.17 bits per heavy atom. The minimum Gasteiger partial charge on any atom is -0.504 e. The normalized spacial score (nSPS) is 16.3. The molecule has 23 heavy (non-hydrogen) atoms. The lowest BCUT2D eigenvalue weighted by Crippen LogP contribution is -2.45. The molecule has 1 aliphatic rings. The largest absolute Gasteiger partial charge is 0.504 e. The van der Waals surface area contributed by atoms with Crippen molar-refractivity contribution in [2.24, 2.45) is 5.92 Å². The van der Waals surface area contributed by atoms with E-state index in [2.05, 4.69) is 24.1 Å². The SMILES string of the molecule is COc1cc([C@H](CCC(C)C)N2CCNCC2)ccc1O.Cl.Cl. The predicted molar refractivity (Wildman–Crippen MR) is 100 cm³/mol. The van der Waals surface area contributed by atoms with E-state index in [4.69, 9.17) is 4.74 Å². The fourth-order valence-electron chi connectivity index (χ4n) is 2.95. The molecule has 1 aliphatic heterocycles. The van der Waals surface area contributed by atoms with Crippen molar-refractivity contribution in [3.05, 3.63) is 23.8 Å². The van der Waals surface area contributed by atoms with Crippen LogP contribution in [0.5, 0.6) is 11.5 Å². The van der Waals surface area contributed by atoms with Gasteiger partial charge in [0.15, 0.2) is 11.5 Å². The van der Waals surface area contributed by atoms with Crippen LogP contribution in [0.1, 0.15) is 38.3 Å². The molecule has 0 radical (unpaired) electrons. The summed E-state index contributed by atoms with van der Waals surface area (Å²) in [4.78, 5) is 2.55. The molecule has 0 aliphatic carbocycles. The molecule has 0 saturated carbocycles. The van der Waals surface area contributed by atoms with Gasteiger partial charge in [0.2, 0.25) is 0 Å². The first-order chi connectivity index (χ1) is 10.1. The van der Waals surface area contributed by atoms with E-state index in [0.29, 0.717) is 17.7 Å². The molecular formula is C17H30Cl2N2O2. The van der Waals surface area contributed by atoms with E-state index in [0.717, 1.165) is 32.6 Å². The Morgan fingerprint density at radius 2 is 1.83 bits per heavy atom. The zero-order valence-electron chi connectivity index (χ0n) is 14.2. The maximum atomic E-state index is 9.80. The van der Waals surface area contributed by atoms with Crippen molar-refractivity contribution < 1.29 is 9.84 Å². The molecule has 134 valence electrons. The van der Waals surface area contributed by atoms with Crippen molar-refractivity contribution >= 4 is 24.8 Å². The van der Waals surface area contributed by atoms with E-state index in [-0.39, 0.29) is 30.6 Å². The molecule has 0 unspecified atom stereocenters. The third-order valence-electron chi connectivity index (χ3n) is 4.20. The lowest BCUT2D eigenvalue weighted by molar-refractivity contribution is 0.159. The third kappa shape index (κ3) is 6.38. The first-order valence-corrected chi connectivity index (χ1v) is 7.93. The highest BCUT2D eigenvalue weighted by molar-refractivity contribution is 5.85. The molecule has 1 heterocycles. The highest BCUT2D eigenvalue weighted by Crippen LogP contribution is 2.34. The van der Waals surface area contributed by atoms with Crippen LogP contribution in [0.15, 0.2) is 18.2 Å². The molecule has 1 saturated heterocycles. The molecule has 0 aromatic heterocycles. The van der Waals surface area contributed by atoms with Gasteiger partial charge in [0.05, 0.1) is 7.11 Å². The van der Waals surface area contributed by atoms with Gasteiger partial charge in [0, 0.05) is 32.2 Å². The molecule has 1 fully saturated rings. The fraction of sp³-hybridized carbons (Fsp3) is 0.647. The quantitative estimate of drug-likeness (QED) is 0.808. The van der Waals surface area contributed by atoms with E-state index in [9.17, 15) is 5.11 Å². The van der Waals surface area contributed by atoms with Gasteiger partial charge in [-0.2, -0.15) is 0 Å². The third-order valence-corrected chi connectivity index (χ3v) is 4.20. The number of phenols is 1. The van der Waals surface area contributed by atoms with Crippen LogP contribution in [0.4, 0.5) is 0 Å². The smallest absolute Gasteiger partial charge is 0.160 e. The maximum absolute atomic E-state index is 9.80. The average Bonchev–Trinajstić information content (AvgIpc) is 2.49. The van der Waals surface area contributed by atoms with Crippen molar-refractivity contribution in [2.45, 2.75) is 32.7 Å². The summed E-state index contributed by atoms with van der Waals surface area (Å²) in [7, 11) is 1.60. The molecule has 6 heteroatoms.